The summed E-state index contributed by atoms with van der Waals surface area (Å²) in [5.74, 6) is -1.06. The first-order valence-electron chi connectivity index (χ1n) is 6.10. The molecular formula is C13H21NO5. The maximum atomic E-state index is 12.2. The van der Waals surface area contributed by atoms with Crippen LogP contribution in [0.15, 0.2) is 12.2 Å². The first-order chi connectivity index (χ1) is 8.53. The number of nitrogens with zero attached hydrogens (tertiary/aromatic N) is 1. The zero-order chi connectivity index (χ0) is 14.8. The fraction of sp³-hybridized carbons (Fsp3) is 0.692. The molecule has 1 rings (SSSR count). The minimum absolute atomic E-state index is 0.246. The van der Waals surface area contributed by atoms with Crippen molar-refractivity contribution in [2.24, 2.45) is 0 Å². The number of rotatable bonds is 2. The number of carboxylic acid groups (broad SMARTS) is 1. The highest BCUT2D eigenvalue weighted by Crippen LogP contribution is 2.29. The molecule has 0 aromatic rings. The Kier molecular flexibility index (Phi) is 4.25. The van der Waals surface area contributed by atoms with E-state index in [0.717, 1.165) is 6.08 Å². The molecule has 1 saturated heterocycles. The van der Waals surface area contributed by atoms with Gasteiger partial charge in [0.15, 0.2) is 0 Å². The molecule has 1 atom stereocenters. The van der Waals surface area contributed by atoms with Gasteiger partial charge in [0.1, 0.15) is 11.3 Å². The van der Waals surface area contributed by atoms with Gasteiger partial charge in [0, 0.05) is 6.08 Å². The van der Waals surface area contributed by atoms with Crippen molar-refractivity contribution in [3.8, 4) is 0 Å². The number of hydrogen-bond acceptors (Lipinski definition) is 4. The Balaban J connectivity index is 2.90. The van der Waals surface area contributed by atoms with Gasteiger partial charge in [0.2, 0.25) is 0 Å². The molecule has 0 aliphatic carbocycles. The highest BCUT2D eigenvalue weighted by molar-refractivity contribution is 5.80. The third-order valence-electron chi connectivity index (χ3n) is 2.57. The standard InChI is InChI=1S/C13H21NO5/c1-12(2,3)19-11(17)14-9(6-7-10(15)16)8-18-13(14,4)5/h6-7,9H,8H2,1-5H3,(H,15,16)/b7-6+/t9-/m1/s1. The highest BCUT2D eigenvalue weighted by Gasteiger charge is 2.44. The summed E-state index contributed by atoms with van der Waals surface area (Å²) in [7, 11) is 0. The average Bonchev–Trinajstić information content (AvgIpc) is 2.47. The lowest BCUT2D eigenvalue weighted by molar-refractivity contribution is -0.131. The number of aliphatic carboxylic acids is 1. The molecule has 1 N–H and O–H groups in total. The van der Waals surface area contributed by atoms with E-state index in [4.69, 9.17) is 14.6 Å². The number of hydrogen-bond donors (Lipinski definition) is 1. The van der Waals surface area contributed by atoms with E-state index >= 15 is 0 Å². The van der Waals surface area contributed by atoms with E-state index in [9.17, 15) is 9.59 Å². The van der Waals surface area contributed by atoms with Crippen LogP contribution in [0.3, 0.4) is 0 Å². The van der Waals surface area contributed by atoms with E-state index < -0.39 is 29.4 Å². The van der Waals surface area contributed by atoms with E-state index in [1.165, 1.54) is 11.0 Å². The predicted octanol–water partition coefficient (Wildman–Crippen LogP) is 2.00. The second kappa shape index (κ2) is 5.21. The molecule has 0 unspecified atom stereocenters. The smallest absolute Gasteiger partial charge is 0.413 e. The van der Waals surface area contributed by atoms with Crippen LogP contribution in [0.1, 0.15) is 34.6 Å². The van der Waals surface area contributed by atoms with Gasteiger partial charge in [-0.15, -0.1) is 0 Å². The number of carbonyl (C=O) groups is 2. The molecule has 19 heavy (non-hydrogen) atoms. The third-order valence-corrected chi connectivity index (χ3v) is 2.57. The van der Waals surface area contributed by atoms with E-state index in [1.807, 2.05) is 0 Å². The second-order valence-corrected chi connectivity index (χ2v) is 5.87. The summed E-state index contributed by atoms with van der Waals surface area (Å²) in [4.78, 5) is 24.1. The van der Waals surface area contributed by atoms with Crippen molar-refractivity contribution in [2.45, 2.75) is 52.0 Å². The zero-order valence-corrected chi connectivity index (χ0v) is 12.0. The molecule has 6 heteroatoms. The highest BCUT2D eigenvalue weighted by atomic mass is 16.6. The molecule has 108 valence electrons. The molecule has 0 radical (unpaired) electrons. The van der Waals surface area contributed by atoms with E-state index in [0.29, 0.717) is 0 Å². The quantitative estimate of drug-likeness (QED) is 0.777. The van der Waals surface area contributed by atoms with Crippen LogP contribution in [-0.4, -0.2) is 46.0 Å². The molecule has 1 heterocycles. The fourth-order valence-electron chi connectivity index (χ4n) is 1.83. The van der Waals surface area contributed by atoms with Crippen molar-refractivity contribution < 1.29 is 24.2 Å². The van der Waals surface area contributed by atoms with Gasteiger partial charge in [-0.2, -0.15) is 0 Å². The molecule has 0 bridgehead atoms. The lowest BCUT2D eigenvalue weighted by Gasteiger charge is -2.34. The molecule has 0 saturated carbocycles. The van der Waals surface area contributed by atoms with Gasteiger partial charge in [-0.25, -0.2) is 9.59 Å². The summed E-state index contributed by atoms with van der Waals surface area (Å²) < 4.78 is 10.8. The molecular weight excluding hydrogens is 250 g/mol. The predicted molar refractivity (Wildman–Crippen MR) is 68.7 cm³/mol. The van der Waals surface area contributed by atoms with Crippen molar-refractivity contribution in [3.63, 3.8) is 0 Å². The van der Waals surface area contributed by atoms with Gasteiger partial charge in [0.05, 0.1) is 12.6 Å². The molecule has 0 aromatic carbocycles. The van der Waals surface area contributed by atoms with Gasteiger partial charge >= 0.3 is 12.1 Å². The molecule has 1 aliphatic heterocycles. The first-order valence-corrected chi connectivity index (χ1v) is 6.10. The van der Waals surface area contributed by atoms with Crippen molar-refractivity contribution in [2.75, 3.05) is 6.61 Å². The van der Waals surface area contributed by atoms with E-state index in [1.54, 1.807) is 34.6 Å². The number of carboxylic acids is 1. The molecule has 1 amide bonds. The fourth-order valence-corrected chi connectivity index (χ4v) is 1.83. The van der Waals surface area contributed by atoms with Gasteiger partial charge in [-0.1, -0.05) is 6.08 Å². The molecule has 0 spiro atoms. The molecule has 6 nitrogen and oxygen atoms in total. The maximum Gasteiger partial charge on any atom is 0.413 e. The van der Waals surface area contributed by atoms with Crippen molar-refractivity contribution >= 4 is 12.1 Å². The molecule has 1 aliphatic rings. The summed E-state index contributed by atoms with van der Waals surface area (Å²) in [6.45, 7) is 9.05. The average molecular weight is 271 g/mol. The largest absolute Gasteiger partial charge is 0.478 e. The van der Waals surface area contributed by atoms with Crippen molar-refractivity contribution in [3.05, 3.63) is 12.2 Å². The maximum absolute atomic E-state index is 12.2. The number of amides is 1. The first kappa shape index (κ1) is 15.5. The Labute approximate surface area is 113 Å². The summed E-state index contributed by atoms with van der Waals surface area (Å²) in [6, 6.07) is -0.444. The van der Waals surface area contributed by atoms with Crippen LogP contribution in [0.25, 0.3) is 0 Å². The van der Waals surface area contributed by atoms with Crippen molar-refractivity contribution in [1.82, 2.24) is 4.90 Å². The van der Waals surface area contributed by atoms with Gasteiger partial charge < -0.3 is 14.6 Å². The van der Waals surface area contributed by atoms with Gasteiger partial charge in [-0.05, 0) is 34.6 Å². The van der Waals surface area contributed by atoms with Crippen molar-refractivity contribution in [1.29, 1.82) is 0 Å². The van der Waals surface area contributed by atoms with Crippen LogP contribution in [-0.2, 0) is 14.3 Å². The number of carbonyl (C=O) groups excluding carboxylic acids is 1. The third kappa shape index (κ3) is 4.24. The summed E-state index contributed by atoms with van der Waals surface area (Å²) in [6.07, 6.45) is 1.92. The zero-order valence-electron chi connectivity index (χ0n) is 12.0. The van der Waals surface area contributed by atoms with Crippen LogP contribution < -0.4 is 0 Å². The monoisotopic (exact) mass is 271 g/mol. The lowest BCUT2D eigenvalue weighted by atomic mass is 10.2. The molecule has 1 fully saturated rings. The van der Waals surface area contributed by atoms with Crippen LogP contribution in [0.2, 0.25) is 0 Å². The lowest BCUT2D eigenvalue weighted by Crippen LogP contribution is -2.49. The minimum atomic E-state index is -1.06. The summed E-state index contributed by atoms with van der Waals surface area (Å²) >= 11 is 0. The Morgan fingerprint density at radius 3 is 2.47 bits per heavy atom. The number of ether oxygens (including phenoxy) is 2. The molecule has 0 aromatic heterocycles. The second-order valence-electron chi connectivity index (χ2n) is 5.87. The Morgan fingerprint density at radius 2 is 2.00 bits per heavy atom. The minimum Gasteiger partial charge on any atom is -0.478 e. The topological polar surface area (TPSA) is 76.1 Å². The normalized spacial score (nSPS) is 22.8. The van der Waals surface area contributed by atoms with Crippen LogP contribution in [0.4, 0.5) is 4.79 Å². The Bertz CT molecular complexity index is 394. The van der Waals surface area contributed by atoms with Crippen LogP contribution >= 0.6 is 0 Å². The van der Waals surface area contributed by atoms with Gasteiger partial charge in [0.25, 0.3) is 0 Å². The van der Waals surface area contributed by atoms with Crippen LogP contribution in [0, 0.1) is 0 Å². The van der Waals surface area contributed by atoms with Crippen LogP contribution in [0.5, 0.6) is 0 Å². The Hall–Kier alpha value is -1.56. The summed E-state index contributed by atoms with van der Waals surface area (Å²) in [5.41, 5.74) is -1.44. The Morgan fingerprint density at radius 1 is 1.42 bits per heavy atom. The van der Waals surface area contributed by atoms with E-state index in [-0.39, 0.29) is 6.61 Å². The van der Waals surface area contributed by atoms with E-state index in [2.05, 4.69) is 0 Å². The van der Waals surface area contributed by atoms with Gasteiger partial charge in [-0.3, -0.25) is 4.90 Å². The summed E-state index contributed by atoms with van der Waals surface area (Å²) in [5, 5.41) is 8.65. The SMILES string of the molecule is CC(C)(C)OC(=O)N1[C@H](/C=C/C(=O)O)COC1(C)C.